The van der Waals surface area contributed by atoms with Gasteiger partial charge in [0.15, 0.2) is 0 Å². The number of carbonyl (C=O) groups is 1. The fourth-order valence-corrected chi connectivity index (χ4v) is 3.40. The van der Waals surface area contributed by atoms with Crippen LogP contribution >= 0.6 is 11.3 Å². The Morgan fingerprint density at radius 3 is 2.39 bits per heavy atom. The van der Waals surface area contributed by atoms with Crippen molar-refractivity contribution in [1.29, 1.82) is 0 Å². The van der Waals surface area contributed by atoms with E-state index in [9.17, 15) is 27.9 Å². The number of alkyl halides is 3. The van der Waals surface area contributed by atoms with Crippen LogP contribution in [0.3, 0.4) is 0 Å². The van der Waals surface area contributed by atoms with E-state index in [2.05, 4.69) is 4.98 Å². The molecule has 118 valence electrons. The van der Waals surface area contributed by atoms with Crippen LogP contribution in [-0.4, -0.2) is 11.0 Å². The number of carboxylic acid groups (broad SMARTS) is 1. The van der Waals surface area contributed by atoms with Gasteiger partial charge in [-0.3, -0.25) is 4.79 Å². The van der Waals surface area contributed by atoms with Gasteiger partial charge in [-0.15, -0.1) is 11.3 Å². The minimum absolute atomic E-state index is 0.0384. The van der Waals surface area contributed by atoms with Gasteiger partial charge in [-0.1, -0.05) is 30.3 Å². The summed E-state index contributed by atoms with van der Waals surface area (Å²) in [5.74, 6) is -1.74. The molecule has 0 atom stereocenters. The van der Waals surface area contributed by atoms with Crippen molar-refractivity contribution in [2.45, 2.75) is 6.18 Å². The Bertz CT molecular complexity index is 958. The first kappa shape index (κ1) is 15.3. The normalized spacial score (nSPS) is 11.8. The van der Waals surface area contributed by atoms with Gasteiger partial charge < -0.3 is 14.9 Å². The number of halogens is 3. The van der Waals surface area contributed by atoms with Crippen LogP contribution in [-0.2, 0) is 6.18 Å². The Morgan fingerprint density at radius 1 is 1.17 bits per heavy atom. The van der Waals surface area contributed by atoms with Crippen molar-refractivity contribution in [1.82, 2.24) is 4.98 Å². The van der Waals surface area contributed by atoms with Gasteiger partial charge in [-0.05, 0) is 5.56 Å². The summed E-state index contributed by atoms with van der Waals surface area (Å²) in [6.45, 7) is 0. The van der Waals surface area contributed by atoms with Crippen LogP contribution in [0.4, 0.5) is 13.2 Å². The first-order valence-electron chi connectivity index (χ1n) is 6.33. The molecular weight excluding hydrogens is 331 g/mol. The molecule has 4 nitrogen and oxygen atoms in total. The third-order valence-corrected chi connectivity index (χ3v) is 4.49. The number of thiophene rings is 1. The van der Waals surface area contributed by atoms with Crippen LogP contribution in [0.1, 0.15) is 15.2 Å². The summed E-state index contributed by atoms with van der Waals surface area (Å²) in [5, 5.41) is 10.9. The SMILES string of the molecule is O=C([O-])c1c[nH]c2c(-c3ccccc3)c(C(F)(F)F)sc2c1=O. The second kappa shape index (κ2) is 5.24. The second-order valence-corrected chi connectivity index (χ2v) is 5.71. The zero-order valence-electron chi connectivity index (χ0n) is 11.2. The van der Waals surface area contributed by atoms with Gasteiger partial charge in [0.1, 0.15) is 4.88 Å². The molecule has 0 radical (unpaired) electrons. The highest BCUT2D eigenvalue weighted by molar-refractivity contribution is 7.19. The predicted molar refractivity (Wildman–Crippen MR) is 77.2 cm³/mol. The van der Waals surface area contributed by atoms with E-state index < -0.39 is 28.0 Å². The van der Waals surface area contributed by atoms with Crippen molar-refractivity contribution in [3.05, 3.63) is 57.2 Å². The zero-order valence-corrected chi connectivity index (χ0v) is 12.0. The number of fused-ring (bicyclic) bond motifs is 1. The van der Waals surface area contributed by atoms with Crippen LogP contribution in [0.15, 0.2) is 41.3 Å². The predicted octanol–water partition coefficient (Wildman–Crippen LogP) is 2.64. The van der Waals surface area contributed by atoms with Crippen molar-refractivity contribution >= 4 is 27.5 Å². The van der Waals surface area contributed by atoms with Crippen molar-refractivity contribution in [2.75, 3.05) is 0 Å². The topological polar surface area (TPSA) is 73.0 Å². The molecular formula is C15H7F3NO3S-. The second-order valence-electron chi connectivity index (χ2n) is 4.69. The van der Waals surface area contributed by atoms with E-state index in [-0.39, 0.29) is 32.7 Å². The monoisotopic (exact) mass is 338 g/mol. The van der Waals surface area contributed by atoms with E-state index in [0.29, 0.717) is 0 Å². The summed E-state index contributed by atoms with van der Waals surface area (Å²) < 4.78 is 39.7. The van der Waals surface area contributed by atoms with Gasteiger partial charge in [0, 0.05) is 11.8 Å². The number of benzene rings is 1. The first-order valence-corrected chi connectivity index (χ1v) is 7.14. The number of hydrogen-bond donors (Lipinski definition) is 1. The van der Waals surface area contributed by atoms with Crippen molar-refractivity contribution < 1.29 is 23.1 Å². The van der Waals surface area contributed by atoms with E-state index in [4.69, 9.17) is 0 Å². The number of aromatic amines is 1. The van der Waals surface area contributed by atoms with Gasteiger partial charge in [0.25, 0.3) is 0 Å². The fraction of sp³-hybridized carbons (Fsp3) is 0.0667. The van der Waals surface area contributed by atoms with E-state index in [0.717, 1.165) is 6.20 Å². The highest BCUT2D eigenvalue weighted by Gasteiger charge is 2.38. The average Bonchev–Trinajstić information content (AvgIpc) is 2.88. The highest BCUT2D eigenvalue weighted by atomic mass is 32.1. The van der Waals surface area contributed by atoms with Crippen molar-refractivity contribution in [3.63, 3.8) is 0 Å². The van der Waals surface area contributed by atoms with Crippen LogP contribution < -0.4 is 10.5 Å². The summed E-state index contributed by atoms with van der Waals surface area (Å²) in [4.78, 5) is 24.5. The number of hydrogen-bond acceptors (Lipinski definition) is 4. The molecule has 2 heterocycles. The van der Waals surface area contributed by atoms with Gasteiger partial charge in [-0.2, -0.15) is 13.2 Å². The minimum Gasteiger partial charge on any atom is -0.545 e. The Morgan fingerprint density at radius 2 is 1.83 bits per heavy atom. The highest BCUT2D eigenvalue weighted by Crippen LogP contribution is 2.45. The Labute approximate surface area is 130 Å². The number of H-pyrrole nitrogens is 1. The minimum atomic E-state index is -4.67. The molecule has 0 aliphatic carbocycles. The maximum absolute atomic E-state index is 13.3. The molecule has 0 unspecified atom stereocenters. The van der Waals surface area contributed by atoms with E-state index in [1.54, 1.807) is 18.2 Å². The molecule has 0 spiro atoms. The first-order chi connectivity index (χ1) is 10.8. The molecule has 3 aromatic rings. The van der Waals surface area contributed by atoms with E-state index >= 15 is 0 Å². The lowest BCUT2D eigenvalue weighted by atomic mass is 10.0. The lowest BCUT2D eigenvalue weighted by Crippen LogP contribution is -2.28. The summed E-state index contributed by atoms with van der Waals surface area (Å²) in [6, 6.07) is 7.78. The number of pyridine rings is 1. The molecule has 1 aromatic carbocycles. The number of aromatic carboxylic acids is 1. The number of carboxylic acids is 1. The van der Waals surface area contributed by atoms with Gasteiger partial charge >= 0.3 is 6.18 Å². The molecule has 1 N–H and O–H groups in total. The molecule has 0 aliphatic heterocycles. The van der Waals surface area contributed by atoms with Gasteiger partial charge in [0.2, 0.25) is 5.43 Å². The standard InChI is InChI=1S/C15H8F3NO3S/c16-15(17,18)13-9(7-4-2-1-3-5-7)10-12(23-13)11(20)8(6-19-10)14(21)22/h1-6H,(H,19,20)(H,21,22)/p-1. The molecule has 0 amide bonds. The third-order valence-electron chi connectivity index (χ3n) is 3.26. The Balaban J connectivity index is 2.44. The van der Waals surface area contributed by atoms with Crippen LogP contribution in [0.2, 0.25) is 0 Å². The van der Waals surface area contributed by atoms with Crippen molar-refractivity contribution in [3.8, 4) is 11.1 Å². The lowest BCUT2D eigenvalue weighted by molar-refractivity contribution is -0.255. The van der Waals surface area contributed by atoms with Crippen LogP contribution in [0.25, 0.3) is 21.3 Å². The van der Waals surface area contributed by atoms with Gasteiger partial charge in [0.05, 0.1) is 21.7 Å². The largest absolute Gasteiger partial charge is 0.545 e. The van der Waals surface area contributed by atoms with Crippen LogP contribution in [0, 0.1) is 0 Å². The summed E-state index contributed by atoms with van der Waals surface area (Å²) >= 11 is 0.224. The summed E-state index contributed by atoms with van der Waals surface area (Å²) in [6.07, 6.45) is -3.81. The quantitative estimate of drug-likeness (QED) is 0.781. The molecule has 23 heavy (non-hydrogen) atoms. The van der Waals surface area contributed by atoms with Gasteiger partial charge in [-0.25, -0.2) is 0 Å². The Hall–Kier alpha value is -2.61. The van der Waals surface area contributed by atoms with Crippen LogP contribution in [0.5, 0.6) is 0 Å². The number of rotatable bonds is 2. The molecule has 2 aromatic heterocycles. The maximum atomic E-state index is 13.3. The number of carbonyl (C=O) groups excluding carboxylic acids is 1. The number of aromatic nitrogens is 1. The molecule has 0 fully saturated rings. The molecule has 8 heteroatoms. The molecule has 0 bridgehead atoms. The fourth-order valence-electron chi connectivity index (χ4n) is 2.29. The summed E-state index contributed by atoms with van der Waals surface area (Å²) in [7, 11) is 0. The average molecular weight is 338 g/mol. The Kier molecular flexibility index (Phi) is 3.48. The van der Waals surface area contributed by atoms with E-state index in [1.807, 2.05) is 0 Å². The molecule has 3 rings (SSSR count). The van der Waals surface area contributed by atoms with Crippen molar-refractivity contribution in [2.24, 2.45) is 0 Å². The summed E-state index contributed by atoms with van der Waals surface area (Å²) in [5.41, 5.74) is -1.62. The molecule has 0 saturated heterocycles. The lowest BCUT2D eigenvalue weighted by Gasteiger charge is -2.08. The molecule has 0 saturated carbocycles. The maximum Gasteiger partial charge on any atom is 0.426 e. The number of nitrogens with one attached hydrogen (secondary N) is 1. The molecule has 0 aliphatic rings. The van der Waals surface area contributed by atoms with E-state index in [1.165, 1.54) is 12.1 Å². The zero-order chi connectivity index (χ0) is 16.8. The third kappa shape index (κ3) is 2.50. The smallest absolute Gasteiger partial charge is 0.426 e.